The summed E-state index contributed by atoms with van der Waals surface area (Å²) < 4.78 is 6.30. The molecule has 0 unspecified atom stereocenters. The summed E-state index contributed by atoms with van der Waals surface area (Å²) in [5.41, 5.74) is 0. The molecule has 0 saturated carbocycles. The van der Waals surface area contributed by atoms with Crippen LogP contribution in [0.15, 0.2) is 55.6 Å². The van der Waals surface area contributed by atoms with Crippen LogP contribution in [0.5, 0.6) is 0 Å². The van der Waals surface area contributed by atoms with E-state index in [2.05, 4.69) is 50.5 Å². The summed E-state index contributed by atoms with van der Waals surface area (Å²) in [6.07, 6.45) is 5.82. The second-order valence-corrected chi connectivity index (χ2v) is 8.50. The molecule has 0 aromatic heterocycles. The second-order valence-electron chi connectivity index (χ2n) is 4.66. The Bertz CT molecular complexity index is 346. The highest BCUT2D eigenvalue weighted by molar-refractivity contribution is 6.84. The molecule has 0 radical (unpaired) electrons. The summed E-state index contributed by atoms with van der Waals surface area (Å²) >= 11 is 0. The predicted octanol–water partition coefficient (Wildman–Crippen LogP) is 3.64. The molecule has 0 atom stereocenters. The fourth-order valence-corrected chi connectivity index (χ4v) is 4.05. The molecule has 0 aliphatic carbocycles. The largest absolute Gasteiger partial charge is 0.409 e. The number of rotatable bonds is 7. The molecule has 1 aromatic carbocycles. The highest BCUT2D eigenvalue weighted by Gasteiger charge is 2.27. The van der Waals surface area contributed by atoms with Crippen molar-refractivity contribution in [3.63, 3.8) is 0 Å². The van der Waals surface area contributed by atoms with E-state index in [9.17, 15) is 0 Å². The van der Waals surface area contributed by atoms with Gasteiger partial charge in [-0.3, -0.25) is 0 Å². The van der Waals surface area contributed by atoms with Crippen LogP contribution in [-0.2, 0) is 4.43 Å². The van der Waals surface area contributed by atoms with Crippen molar-refractivity contribution in [2.45, 2.75) is 32.0 Å². The summed E-state index contributed by atoms with van der Waals surface area (Å²) in [7, 11) is -1.81. The van der Waals surface area contributed by atoms with Crippen molar-refractivity contribution in [2.75, 3.05) is 0 Å². The van der Waals surface area contributed by atoms with Crippen LogP contribution in [0.25, 0.3) is 0 Å². The molecule has 1 nitrogen and oxygen atoms in total. The normalized spacial score (nSPS) is 11.5. The van der Waals surface area contributed by atoms with Gasteiger partial charge in [-0.2, -0.15) is 0 Å². The van der Waals surface area contributed by atoms with Crippen LogP contribution in [0.2, 0.25) is 13.1 Å². The van der Waals surface area contributed by atoms with E-state index in [1.807, 2.05) is 18.2 Å². The van der Waals surface area contributed by atoms with Gasteiger partial charge in [-0.25, -0.2) is 0 Å². The van der Waals surface area contributed by atoms with Crippen LogP contribution in [0.1, 0.15) is 12.8 Å². The SMILES string of the molecule is C=CCC(CC=C)O[Si](C)(C)c1ccccc1. The van der Waals surface area contributed by atoms with E-state index >= 15 is 0 Å². The Morgan fingerprint density at radius 3 is 2.12 bits per heavy atom. The van der Waals surface area contributed by atoms with Gasteiger partial charge in [0.1, 0.15) is 0 Å². The first-order valence-corrected chi connectivity index (χ1v) is 8.96. The molecule has 1 aromatic rings. The van der Waals surface area contributed by atoms with Gasteiger partial charge in [0.25, 0.3) is 0 Å². The molecule has 0 amide bonds. The Morgan fingerprint density at radius 2 is 1.65 bits per heavy atom. The second kappa shape index (κ2) is 6.57. The van der Waals surface area contributed by atoms with Gasteiger partial charge in [-0.1, -0.05) is 42.5 Å². The van der Waals surface area contributed by atoms with E-state index in [0.29, 0.717) is 0 Å². The third-order valence-corrected chi connectivity index (χ3v) is 5.44. The van der Waals surface area contributed by atoms with Gasteiger partial charge in [-0.15, -0.1) is 13.2 Å². The van der Waals surface area contributed by atoms with Gasteiger partial charge in [-0.05, 0) is 31.1 Å². The van der Waals surface area contributed by atoms with Crippen molar-refractivity contribution >= 4 is 13.5 Å². The van der Waals surface area contributed by atoms with E-state index in [1.165, 1.54) is 5.19 Å². The van der Waals surface area contributed by atoms with Gasteiger partial charge in [0, 0.05) is 0 Å². The molecule has 0 N–H and O–H groups in total. The molecule has 0 saturated heterocycles. The zero-order valence-corrected chi connectivity index (χ0v) is 11.9. The lowest BCUT2D eigenvalue weighted by Crippen LogP contribution is -2.47. The lowest BCUT2D eigenvalue weighted by Gasteiger charge is -2.28. The smallest absolute Gasteiger partial charge is 0.218 e. The predicted molar refractivity (Wildman–Crippen MR) is 78.1 cm³/mol. The van der Waals surface area contributed by atoms with Crippen molar-refractivity contribution in [2.24, 2.45) is 0 Å². The van der Waals surface area contributed by atoms with Crippen LogP contribution >= 0.6 is 0 Å². The zero-order chi connectivity index (χ0) is 12.7. The zero-order valence-electron chi connectivity index (χ0n) is 10.9. The Morgan fingerprint density at radius 1 is 1.12 bits per heavy atom. The third-order valence-electron chi connectivity index (χ3n) is 2.79. The molecule has 1 rings (SSSR count). The lowest BCUT2D eigenvalue weighted by atomic mass is 10.2. The summed E-state index contributed by atoms with van der Waals surface area (Å²) in [6, 6.07) is 10.5. The average molecular weight is 246 g/mol. The molecule has 17 heavy (non-hydrogen) atoms. The van der Waals surface area contributed by atoms with Crippen molar-refractivity contribution < 1.29 is 4.43 Å². The Hall–Kier alpha value is -1.12. The van der Waals surface area contributed by atoms with Gasteiger partial charge < -0.3 is 4.43 Å². The molecule has 0 spiro atoms. The van der Waals surface area contributed by atoms with E-state index in [-0.39, 0.29) is 6.10 Å². The minimum Gasteiger partial charge on any atom is -0.409 e. The summed E-state index contributed by atoms with van der Waals surface area (Å²) in [5, 5.41) is 1.33. The minimum atomic E-state index is -1.81. The van der Waals surface area contributed by atoms with E-state index in [4.69, 9.17) is 4.43 Å². The summed E-state index contributed by atoms with van der Waals surface area (Å²) in [4.78, 5) is 0. The standard InChI is InChI=1S/C15H22OSi/c1-5-10-14(11-6-2)16-17(3,4)15-12-8-7-9-13-15/h5-9,12-14H,1-2,10-11H2,3-4H3. The van der Waals surface area contributed by atoms with Crippen LogP contribution < -0.4 is 5.19 Å². The molecule has 0 aliphatic heterocycles. The Balaban J connectivity index is 2.76. The van der Waals surface area contributed by atoms with Gasteiger partial charge >= 0.3 is 0 Å². The van der Waals surface area contributed by atoms with Crippen LogP contribution in [-0.4, -0.2) is 14.4 Å². The van der Waals surface area contributed by atoms with Crippen molar-refractivity contribution in [3.8, 4) is 0 Å². The maximum Gasteiger partial charge on any atom is 0.218 e. The molecule has 92 valence electrons. The quantitative estimate of drug-likeness (QED) is 0.527. The first-order chi connectivity index (χ1) is 8.10. The Kier molecular flexibility index (Phi) is 5.39. The van der Waals surface area contributed by atoms with Gasteiger partial charge in [0.05, 0.1) is 6.10 Å². The van der Waals surface area contributed by atoms with E-state index < -0.39 is 8.32 Å². The molecule has 0 bridgehead atoms. The molecule has 0 aliphatic rings. The minimum absolute atomic E-state index is 0.215. The molecule has 2 heteroatoms. The highest BCUT2D eigenvalue weighted by atomic mass is 28.4. The lowest BCUT2D eigenvalue weighted by molar-refractivity contribution is 0.204. The molecular formula is C15H22OSi. The monoisotopic (exact) mass is 246 g/mol. The fraction of sp³-hybridized carbons (Fsp3) is 0.333. The van der Waals surface area contributed by atoms with Crippen molar-refractivity contribution in [1.82, 2.24) is 0 Å². The number of hydrogen-bond acceptors (Lipinski definition) is 1. The molecule has 0 fully saturated rings. The first-order valence-electron chi connectivity index (χ1n) is 6.05. The molecular weight excluding hydrogens is 224 g/mol. The maximum absolute atomic E-state index is 6.30. The summed E-state index contributed by atoms with van der Waals surface area (Å²) in [6.45, 7) is 12.0. The van der Waals surface area contributed by atoms with Crippen molar-refractivity contribution in [3.05, 3.63) is 55.6 Å². The van der Waals surface area contributed by atoms with E-state index in [0.717, 1.165) is 12.8 Å². The third kappa shape index (κ3) is 4.33. The van der Waals surface area contributed by atoms with Crippen LogP contribution in [0.3, 0.4) is 0 Å². The van der Waals surface area contributed by atoms with Crippen LogP contribution in [0.4, 0.5) is 0 Å². The average Bonchev–Trinajstić information content (AvgIpc) is 2.30. The Labute approximate surface area is 106 Å². The van der Waals surface area contributed by atoms with Gasteiger partial charge in [0.15, 0.2) is 0 Å². The highest BCUT2D eigenvalue weighted by Crippen LogP contribution is 2.14. The van der Waals surface area contributed by atoms with Crippen molar-refractivity contribution in [1.29, 1.82) is 0 Å². The number of hydrogen-bond donors (Lipinski definition) is 0. The maximum atomic E-state index is 6.30. The fourth-order valence-electron chi connectivity index (χ4n) is 1.89. The first kappa shape index (κ1) is 13.9. The number of benzene rings is 1. The molecule has 0 heterocycles. The summed E-state index contributed by atoms with van der Waals surface area (Å²) in [5.74, 6) is 0. The van der Waals surface area contributed by atoms with Gasteiger partial charge in [0.2, 0.25) is 8.32 Å². The van der Waals surface area contributed by atoms with E-state index in [1.54, 1.807) is 0 Å². The topological polar surface area (TPSA) is 9.23 Å². The van der Waals surface area contributed by atoms with Crippen LogP contribution in [0, 0.1) is 0 Å².